The minimum Gasteiger partial charge on any atom is -0.460 e. The van der Waals surface area contributed by atoms with Crippen LogP contribution in [0.15, 0.2) is 0 Å². The topological polar surface area (TPSA) is 82.1 Å². The van der Waals surface area contributed by atoms with Crippen LogP contribution in [0.2, 0.25) is 0 Å². The van der Waals surface area contributed by atoms with Crippen molar-refractivity contribution < 1.29 is 37.4 Å². The molecule has 6 nitrogen and oxygen atoms in total. The van der Waals surface area contributed by atoms with Gasteiger partial charge in [-0.3, -0.25) is 4.79 Å². The number of halogens is 2. The second-order valence-electron chi connectivity index (χ2n) is 9.65. The van der Waals surface area contributed by atoms with E-state index in [1.165, 1.54) is 0 Å². The highest BCUT2D eigenvalue weighted by Crippen LogP contribution is 2.63. The number of carbonyl (C=O) groups is 2. The first kappa shape index (κ1) is 21.3. The van der Waals surface area contributed by atoms with Crippen LogP contribution in [0.4, 0.5) is 8.78 Å². The Morgan fingerprint density at radius 2 is 1.72 bits per heavy atom. The first-order valence-corrected chi connectivity index (χ1v) is 11.3. The fraction of sp³-hybridized carbons (Fsp3) is 0.900. The molecular formula is C20H28F2O6S. The summed E-state index contributed by atoms with van der Waals surface area (Å²) in [5.74, 6) is -1.13. The highest BCUT2D eigenvalue weighted by atomic mass is 32.2. The molecule has 2 unspecified atom stereocenters. The van der Waals surface area contributed by atoms with Crippen LogP contribution in [0.25, 0.3) is 0 Å². The zero-order valence-electron chi connectivity index (χ0n) is 16.4. The smallest absolute Gasteiger partial charge is 0.415 e. The average molecular weight is 435 g/mol. The maximum atomic E-state index is 13.6. The average Bonchev–Trinajstić information content (AvgIpc) is 2.65. The SMILES string of the molecule is O=C(OC12CC3CC(CC(COC(=O)C(F)(F)SOO)(C3)C1)C2)C1CCCCC1. The Hall–Kier alpha value is -0.930. The summed E-state index contributed by atoms with van der Waals surface area (Å²) in [5, 5.41) is 4.23. The number of rotatable bonds is 7. The van der Waals surface area contributed by atoms with Crippen molar-refractivity contribution in [2.24, 2.45) is 23.2 Å². The van der Waals surface area contributed by atoms with Gasteiger partial charge in [0, 0.05) is 5.41 Å². The lowest BCUT2D eigenvalue weighted by Crippen LogP contribution is -2.59. The maximum Gasteiger partial charge on any atom is 0.415 e. The zero-order valence-corrected chi connectivity index (χ0v) is 17.2. The van der Waals surface area contributed by atoms with Gasteiger partial charge in [-0.25, -0.2) is 10.1 Å². The number of hydrogen-bond acceptors (Lipinski definition) is 7. The monoisotopic (exact) mass is 434 g/mol. The van der Waals surface area contributed by atoms with Gasteiger partial charge in [-0.05, 0) is 63.2 Å². The largest absolute Gasteiger partial charge is 0.460 e. The second kappa shape index (κ2) is 7.96. The lowest BCUT2D eigenvalue weighted by atomic mass is 9.48. The van der Waals surface area contributed by atoms with Crippen molar-refractivity contribution in [3.8, 4) is 0 Å². The van der Waals surface area contributed by atoms with E-state index in [0.29, 0.717) is 18.3 Å². The summed E-state index contributed by atoms with van der Waals surface area (Å²) in [7, 11) is 0. The third-order valence-electron chi connectivity index (χ3n) is 7.27. The van der Waals surface area contributed by atoms with Crippen LogP contribution in [-0.4, -0.2) is 34.7 Å². The number of hydrogen-bond donors (Lipinski definition) is 1. The van der Waals surface area contributed by atoms with Crippen molar-refractivity contribution in [3.63, 3.8) is 0 Å². The van der Waals surface area contributed by atoms with Crippen LogP contribution in [0.5, 0.6) is 0 Å². The quantitative estimate of drug-likeness (QED) is 0.269. The van der Waals surface area contributed by atoms with Crippen LogP contribution < -0.4 is 0 Å². The van der Waals surface area contributed by atoms with Crippen LogP contribution in [0.3, 0.4) is 0 Å². The van der Waals surface area contributed by atoms with E-state index < -0.39 is 34.3 Å². The standard InChI is InChI=1S/C20H28F2O6S/c21-20(22,29-28-25)17(24)26-12-18-7-13-6-14(8-18)10-19(9-13,11-18)27-16(23)15-4-2-1-3-5-15/h13-15,25H,1-12H2. The third kappa shape index (κ3) is 4.42. The van der Waals surface area contributed by atoms with Crippen molar-refractivity contribution in [2.45, 2.75) is 81.5 Å². The van der Waals surface area contributed by atoms with Crippen molar-refractivity contribution in [1.82, 2.24) is 0 Å². The Morgan fingerprint density at radius 3 is 2.34 bits per heavy atom. The normalized spacial score (nSPS) is 36.8. The molecule has 5 aliphatic rings. The van der Waals surface area contributed by atoms with Crippen LogP contribution >= 0.6 is 12.0 Å². The lowest BCUT2D eigenvalue weighted by molar-refractivity contribution is -0.216. The van der Waals surface area contributed by atoms with Crippen molar-refractivity contribution in [1.29, 1.82) is 0 Å². The summed E-state index contributed by atoms with van der Waals surface area (Å²) in [6.07, 6.45) is 9.90. The lowest BCUT2D eigenvalue weighted by Gasteiger charge is -2.61. The first-order valence-electron chi connectivity index (χ1n) is 10.5. The predicted molar refractivity (Wildman–Crippen MR) is 99.7 cm³/mol. The van der Waals surface area contributed by atoms with Crippen molar-refractivity contribution >= 4 is 24.0 Å². The van der Waals surface area contributed by atoms with Gasteiger partial charge in [0.1, 0.15) is 17.6 Å². The molecule has 0 radical (unpaired) electrons. The molecule has 0 aromatic heterocycles. The molecule has 9 heteroatoms. The maximum absolute atomic E-state index is 13.6. The van der Waals surface area contributed by atoms with E-state index in [2.05, 4.69) is 4.33 Å². The fourth-order valence-corrected chi connectivity index (χ4v) is 6.89. The summed E-state index contributed by atoms with van der Waals surface area (Å²) in [6, 6.07) is 0. The van der Waals surface area contributed by atoms with Crippen LogP contribution in [0.1, 0.15) is 70.6 Å². The molecule has 5 rings (SSSR count). The van der Waals surface area contributed by atoms with Gasteiger partial charge < -0.3 is 9.47 Å². The van der Waals surface area contributed by atoms with Gasteiger partial charge in [0.2, 0.25) is 0 Å². The van der Waals surface area contributed by atoms with E-state index in [4.69, 9.17) is 14.7 Å². The summed E-state index contributed by atoms with van der Waals surface area (Å²) >= 11 is -0.640. The molecule has 5 aliphatic carbocycles. The molecule has 0 aliphatic heterocycles. The Bertz CT molecular complexity index is 637. The fourth-order valence-electron chi connectivity index (χ4n) is 6.67. The molecule has 0 amide bonds. The molecule has 0 heterocycles. The van der Waals surface area contributed by atoms with Gasteiger partial charge in [-0.2, -0.15) is 13.1 Å². The van der Waals surface area contributed by atoms with Gasteiger partial charge in [0.05, 0.1) is 12.5 Å². The molecule has 0 spiro atoms. The molecular weight excluding hydrogens is 406 g/mol. The van der Waals surface area contributed by atoms with E-state index in [1.807, 2.05) is 0 Å². The van der Waals surface area contributed by atoms with Crippen molar-refractivity contribution in [3.05, 3.63) is 0 Å². The highest BCUT2D eigenvalue weighted by Gasteiger charge is 2.60. The third-order valence-corrected chi connectivity index (χ3v) is 7.72. The van der Waals surface area contributed by atoms with Gasteiger partial charge in [0.25, 0.3) is 0 Å². The molecule has 5 fully saturated rings. The second-order valence-corrected chi connectivity index (χ2v) is 10.5. The van der Waals surface area contributed by atoms with E-state index in [1.54, 1.807) is 0 Å². The first-order chi connectivity index (χ1) is 13.7. The minimum absolute atomic E-state index is 0.0280. The zero-order chi connectivity index (χ0) is 20.7. The van der Waals surface area contributed by atoms with Crippen molar-refractivity contribution in [2.75, 3.05) is 6.61 Å². The Morgan fingerprint density at radius 1 is 1.07 bits per heavy atom. The van der Waals surface area contributed by atoms with E-state index in [9.17, 15) is 18.4 Å². The van der Waals surface area contributed by atoms with Crippen LogP contribution in [-0.2, 0) is 23.4 Å². The summed E-state index contributed by atoms with van der Waals surface area (Å²) < 4.78 is 41.6. The van der Waals surface area contributed by atoms with E-state index >= 15 is 0 Å². The number of carbonyl (C=O) groups excluding carboxylic acids is 2. The number of esters is 2. The van der Waals surface area contributed by atoms with Crippen LogP contribution in [0, 0.1) is 23.2 Å². The molecule has 29 heavy (non-hydrogen) atoms. The molecule has 2 atom stereocenters. The predicted octanol–water partition coefficient (Wildman–Crippen LogP) is 4.72. The Kier molecular flexibility index (Phi) is 5.85. The van der Waals surface area contributed by atoms with E-state index in [-0.39, 0.29) is 18.5 Å². The Labute approximate surface area is 173 Å². The molecule has 0 aromatic carbocycles. The Balaban J connectivity index is 1.43. The molecule has 1 N–H and O–H groups in total. The summed E-state index contributed by atoms with van der Waals surface area (Å²) in [4.78, 5) is 24.6. The number of alkyl halides is 2. The molecule has 0 saturated heterocycles. The van der Waals surface area contributed by atoms with Gasteiger partial charge >= 0.3 is 17.2 Å². The summed E-state index contributed by atoms with van der Waals surface area (Å²) in [6.45, 7) is -0.122. The van der Waals surface area contributed by atoms with Gasteiger partial charge in [0.15, 0.2) is 0 Å². The minimum atomic E-state index is -3.97. The van der Waals surface area contributed by atoms with Gasteiger partial charge in [-0.15, -0.1) is 0 Å². The van der Waals surface area contributed by atoms with E-state index in [0.717, 1.165) is 64.2 Å². The molecule has 0 aromatic rings. The van der Waals surface area contributed by atoms with Gasteiger partial charge in [-0.1, -0.05) is 19.3 Å². The molecule has 4 bridgehead atoms. The summed E-state index contributed by atoms with van der Waals surface area (Å²) in [5.41, 5.74) is -0.968. The molecule has 5 saturated carbocycles. The molecule has 164 valence electrons. The highest BCUT2D eigenvalue weighted by molar-refractivity contribution is 7.96. The number of ether oxygens (including phenoxy) is 2.